The smallest absolute Gasteiger partial charge is 0.261 e. The van der Waals surface area contributed by atoms with E-state index in [1.807, 2.05) is 31.3 Å². The van der Waals surface area contributed by atoms with Gasteiger partial charge in [0.1, 0.15) is 5.52 Å². The molecule has 1 saturated carbocycles. The van der Waals surface area contributed by atoms with E-state index in [1.54, 1.807) is 36.0 Å². The Hall–Kier alpha value is -5.00. The number of para-hydroxylation sites is 1. The van der Waals surface area contributed by atoms with Crippen molar-refractivity contribution in [2.24, 2.45) is 30.7 Å². The van der Waals surface area contributed by atoms with Crippen LogP contribution in [-0.2, 0) is 26.2 Å². The van der Waals surface area contributed by atoms with Crippen LogP contribution >= 0.6 is 0 Å². The fourth-order valence-electron chi connectivity index (χ4n) is 6.04. The molecule has 4 unspecified atom stereocenters. The second-order valence-electron chi connectivity index (χ2n) is 11.0. The number of carbonyl (C=O) groups excluding carboxylic acids is 6. The molecule has 2 saturated heterocycles. The molecule has 0 radical (unpaired) electrons. The van der Waals surface area contributed by atoms with Crippen molar-refractivity contribution < 1.29 is 28.8 Å². The number of hydrogen-bond acceptors (Lipinski definition) is 8. The molecule has 12 heteroatoms. The lowest BCUT2D eigenvalue weighted by molar-refractivity contribution is -0.139. The molecule has 12 nitrogen and oxygen atoms in total. The molecule has 8 rings (SSSR count). The molecule has 1 aromatic heterocycles. The average Bonchev–Trinajstić information content (AvgIpc) is 3.87. The van der Waals surface area contributed by atoms with E-state index in [4.69, 9.17) is 0 Å². The number of likely N-dealkylation sites (tertiary alicyclic amines) is 2. The fraction of sp³-hybridized carbons (Fsp3) is 0.355. The molecule has 0 N–H and O–H groups in total. The maximum atomic E-state index is 11.7. The highest BCUT2D eigenvalue weighted by atomic mass is 16.2. The zero-order valence-corrected chi connectivity index (χ0v) is 24.3. The average molecular weight is 585 g/mol. The largest absolute Gasteiger partial charge is 0.286 e. The van der Waals surface area contributed by atoms with Crippen LogP contribution < -0.4 is 0 Å². The van der Waals surface area contributed by atoms with Gasteiger partial charge in [0.25, 0.3) is 11.8 Å². The number of allylic oxidation sites excluding steroid dienone is 2. The molecule has 6 amide bonds. The quantitative estimate of drug-likeness (QED) is 0.289. The van der Waals surface area contributed by atoms with Crippen LogP contribution in [0.25, 0.3) is 11.0 Å². The first-order chi connectivity index (χ1) is 20.5. The molecular formula is C31H32N6O6. The molecule has 2 aliphatic carbocycles. The number of rotatable bonds is 0. The first-order valence-corrected chi connectivity index (χ1v) is 14.0. The van der Waals surface area contributed by atoms with Gasteiger partial charge in [-0.3, -0.25) is 43.5 Å². The Bertz CT molecular complexity index is 1600. The number of hydrogen-bond donors (Lipinski definition) is 0. The second-order valence-corrected chi connectivity index (χ2v) is 11.0. The number of carbonyl (C=O) groups is 6. The van der Waals surface area contributed by atoms with E-state index in [9.17, 15) is 28.8 Å². The highest BCUT2D eigenvalue weighted by Gasteiger charge is 2.58. The molecule has 0 spiro atoms. The van der Waals surface area contributed by atoms with Crippen LogP contribution in [0.15, 0.2) is 60.7 Å². The summed E-state index contributed by atoms with van der Waals surface area (Å²) in [5.74, 6) is 0.169. The van der Waals surface area contributed by atoms with Crippen LogP contribution in [0, 0.1) is 23.7 Å². The van der Waals surface area contributed by atoms with Gasteiger partial charge in [0, 0.05) is 41.0 Å². The summed E-state index contributed by atoms with van der Waals surface area (Å²) in [5.41, 5.74) is 3.03. The molecule has 5 aliphatic rings. The van der Waals surface area contributed by atoms with Crippen LogP contribution in [-0.4, -0.2) is 86.3 Å². The molecule has 4 atom stereocenters. The topological polar surface area (TPSA) is 143 Å². The predicted molar refractivity (Wildman–Crippen MR) is 154 cm³/mol. The standard InChI is InChI=1S/C10H11NO2.C9H7NO2.C7H7N3.C5H7NO2/c1-11-9(12)7-5-2-3-6(4-5)8(7)10(11)13;1-10-8(11)6-4-2-3-5-7(6)9(10)12;1-10-7-5-3-2-4-6(7)8-9-10;1-6-4(7)2-3-5(6)8/h2-3,5-8H,4H2,1H3;2-5H,1H3;2-5H,1H3;2-3H2,1H3. The van der Waals surface area contributed by atoms with Crippen LogP contribution in [0.5, 0.6) is 0 Å². The highest BCUT2D eigenvalue weighted by Crippen LogP contribution is 2.52. The number of aromatic nitrogens is 3. The number of imide groups is 3. The molecule has 4 heterocycles. The minimum absolute atomic E-state index is 0.0208. The molecule has 2 bridgehead atoms. The summed E-state index contributed by atoms with van der Waals surface area (Å²) >= 11 is 0. The molecule has 3 aliphatic heterocycles. The molecule has 3 aromatic rings. The van der Waals surface area contributed by atoms with E-state index in [2.05, 4.69) is 22.5 Å². The van der Waals surface area contributed by atoms with Gasteiger partial charge in [0.05, 0.1) is 28.5 Å². The van der Waals surface area contributed by atoms with Gasteiger partial charge >= 0.3 is 0 Å². The Labute approximate surface area is 247 Å². The summed E-state index contributed by atoms with van der Waals surface area (Å²) in [6, 6.07) is 14.7. The van der Waals surface area contributed by atoms with Crippen molar-refractivity contribution in [2.75, 3.05) is 21.1 Å². The fourth-order valence-corrected chi connectivity index (χ4v) is 6.04. The highest BCUT2D eigenvalue weighted by molar-refractivity contribution is 6.21. The first kappa shape index (κ1) is 29.5. The van der Waals surface area contributed by atoms with E-state index in [0.29, 0.717) is 35.8 Å². The van der Waals surface area contributed by atoms with Crippen molar-refractivity contribution in [3.05, 3.63) is 71.8 Å². The van der Waals surface area contributed by atoms with Crippen LogP contribution in [0.4, 0.5) is 0 Å². The van der Waals surface area contributed by atoms with Gasteiger partial charge < -0.3 is 0 Å². The van der Waals surface area contributed by atoms with Gasteiger partial charge in [-0.25, -0.2) is 4.68 Å². The number of nitrogens with zero attached hydrogens (tertiary/aromatic N) is 6. The van der Waals surface area contributed by atoms with Crippen molar-refractivity contribution in [3.8, 4) is 0 Å². The Morgan fingerprint density at radius 2 is 1.12 bits per heavy atom. The summed E-state index contributed by atoms with van der Waals surface area (Å²) < 4.78 is 1.76. The summed E-state index contributed by atoms with van der Waals surface area (Å²) in [6.45, 7) is 0. The van der Waals surface area contributed by atoms with Gasteiger partial charge in [-0.15, -0.1) is 5.10 Å². The number of benzene rings is 2. The van der Waals surface area contributed by atoms with Crippen molar-refractivity contribution in [1.82, 2.24) is 29.7 Å². The van der Waals surface area contributed by atoms with Crippen molar-refractivity contribution >= 4 is 46.5 Å². The van der Waals surface area contributed by atoms with Crippen molar-refractivity contribution in [2.45, 2.75) is 19.3 Å². The van der Waals surface area contributed by atoms with Gasteiger partial charge in [0.15, 0.2) is 0 Å². The van der Waals surface area contributed by atoms with Crippen molar-refractivity contribution in [1.29, 1.82) is 0 Å². The summed E-state index contributed by atoms with van der Waals surface area (Å²) in [5, 5.41) is 7.79. The minimum atomic E-state index is -0.212. The van der Waals surface area contributed by atoms with E-state index < -0.39 is 0 Å². The zero-order chi connectivity index (χ0) is 31.0. The van der Waals surface area contributed by atoms with Gasteiger partial charge in [0.2, 0.25) is 23.6 Å². The Morgan fingerprint density at radius 3 is 1.58 bits per heavy atom. The van der Waals surface area contributed by atoms with Gasteiger partial charge in [-0.05, 0) is 42.5 Å². The second kappa shape index (κ2) is 11.7. The predicted octanol–water partition coefficient (Wildman–Crippen LogP) is 2.07. The van der Waals surface area contributed by atoms with E-state index in [-0.39, 0.29) is 47.3 Å². The summed E-state index contributed by atoms with van der Waals surface area (Å²) in [4.78, 5) is 70.5. The van der Waals surface area contributed by atoms with E-state index in [0.717, 1.165) is 22.4 Å². The van der Waals surface area contributed by atoms with Crippen LogP contribution in [0.3, 0.4) is 0 Å². The number of amides is 6. The first-order valence-electron chi connectivity index (χ1n) is 14.0. The Kier molecular flexibility index (Phi) is 8.03. The van der Waals surface area contributed by atoms with Crippen LogP contribution in [0.2, 0.25) is 0 Å². The SMILES string of the molecule is CN1C(=O)C2C3C=CC(C3)C2C1=O.CN1C(=O)CCC1=O.CN1C(=O)c2ccccc2C1=O.Cn1nnc2ccccc21. The monoisotopic (exact) mass is 584 g/mol. The lowest BCUT2D eigenvalue weighted by Crippen LogP contribution is -2.28. The van der Waals surface area contributed by atoms with E-state index >= 15 is 0 Å². The normalized spacial score (nSPS) is 24.5. The third-order valence-corrected chi connectivity index (χ3v) is 8.51. The van der Waals surface area contributed by atoms with Gasteiger partial charge in [-0.2, -0.15) is 0 Å². The molecule has 222 valence electrons. The Balaban J connectivity index is 0.000000116. The lowest BCUT2D eigenvalue weighted by atomic mass is 9.85. The zero-order valence-electron chi connectivity index (χ0n) is 24.3. The van der Waals surface area contributed by atoms with E-state index in [1.165, 1.54) is 23.9 Å². The summed E-state index contributed by atoms with van der Waals surface area (Å²) in [6.07, 6.45) is 6.03. The maximum Gasteiger partial charge on any atom is 0.261 e. The van der Waals surface area contributed by atoms with Crippen LogP contribution in [0.1, 0.15) is 40.0 Å². The van der Waals surface area contributed by atoms with Gasteiger partial charge in [-0.1, -0.05) is 41.6 Å². The maximum absolute atomic E-state index is 11.7. The van der Waals surface area contributed by atoms with Crippen molar-refractivity contribution in [3.63, 3.8) is 0 Å². The third kappa shape index (κ3) is 5.36. The molecule has 43 heavy (non-hydrogen) atoms. The lowest BCUT2D eigenvalue weighted by Gasteiger charge is -2.14. The Morgan fingerprint density at radius 1 is 0.628 bits per heavy atom. The molecular weight excluding hydrogens is 552 g/mol. The molecule has 2 aromatic carbocycles. The summed E-state index contributed by atoms with van der Waals surface area (Å²) in [7, 11) is 6.49. The number of aryl methyl sites for hydroxylation is 1. The number of fused-ring (bicyclic) bond motifs is 7. The minimum Gasteiger partial charge on any atom is -0.286 e. The third-order valence-electron chi connectivity index (χ3n) is 8.51. The molecule has 3 fully saturated rings.